The van der Waals surface area contributed by atoms with Crippen molar-refractivity contribution in [3.8, 4) is 0 Å². The summed E-state index contributed by atoms with van der Waals surface area (Å²) in [4.78, 5) is 26.6. The maximum atomic E-state index is 12.8. The number of anilines is 1. The minimum atomic E-state index is -0.315. The zero-order valence-electron chi connectivity index (χ0n) is 16.8. The van der Waals surface area contributed by atoms with E-state index in [2.05, 4.69) is 35.6 Å². The number of hydrogen-bond donors (Lipinski definition) is 2. The molecule has 1 saturated carbocycles. The smallest absolute Gasteiger partial charge is 0.321 e. The van der Waals surface area contributed by atoms with Gasteiger partial charge in [0.15, 0.2) is 0 Å². The number of nitrogens with one attached hydrogen (secondary N) is 1. The molecule has 1 aliphatic rings. The predicted molar refractivity (Wildman–Crippen MR) is 119 cm³/mol. The van der Waals surface area contributed by atoms with Gasteiger partial charge in [0, 0.05) is 30.2 Å². The summed E-state index contributed by atoms with van der Waals surface area (Å²) in [5, 5.41) is 3.04. The van der Waals surface area contributed by atoms with Crippen molar-refractivity contribution in [3.63, 3.8) is 0 Å². The number of carbonyl (C=O) groups excluding carboxylic acids is 2. The standard InChI is InChI=1S/C23H29N3O2S/c1-26(19-13-11-18(12-14-19)17-7-3-2-4-8-17)23(28)25-20-9-5-6-10-21(20)29-16-15-22(24)27/h2-10,18-19H,11-16H2,1H3,(H2,24,27)(H,25,28). The average molecular weight is 412 g/mol. The second-order valence-corrected chi connectivity index (χ2v) is 8.65. The van der Waals surface area contributed by atoms with Gasteiger partial charge in [-0.3, -0.25) is 4.79 Å². The van der Waals surface area contributed by atoms with E-state index in [0.717, 1.165) is 36.3 Å². The molecule has 29 heavy (non-hydrogen) atoms. The van der Waals surface area contributed by atoms with Crippen LogP contribution in [0.5, 0.6) is 0 Å². The third kappa shape index (κ3) is 6.00. The minimum absolute atomic E-state index is 0.0869. The van der Waals surface area contributed by atoms with Gasteiger partial charge in [-0.25, -0.2) is 4.79 Å². The predicted octanol–water partition coefficient (Wildman–Crippen LogP) is 4.84. The van der Waals surface area contributed by atoms with E-state index in [9.17, 15) is 9.59 Å². The van der Waals surface area contributed by atoms with Crippen LogP contribution in [0.4, 0.5) is 10.5 Å². The van der Waals surface area contributed by atoms with Gasteiger partial charge in [0.2, 0.25) is 5.91 Å². The van der Waals surface area contributed by atoms with Gasteiger partial charge >= 0.3 is 6.03 Å². The second-order valence-electron chi connectivity index (χ2n) is 7.52. The zero-order valence-corrected chi connectivity index (χ0v) is 17.7. The highest BCUT2D eigenvalue weighted by Gasteiger charge is 2.27. The number of carbonyl (C=O) groups is 2. The van der Waals surface area contributed by atoms with Crippen LogP contribution in [0.1, 0.15) is 43.6 Å². The van der Waals surface area contributed by atoms with Crippen LogP contribution in [0, 0.1) is 0 Å². The van der Waals surface area contributed by atoms with Crippen LogP contribution in [0.15, 0.2) is 59.5 Å². The summed E-state index contributed by atoms with van der Waals surface area (Å²) in [6.07, 6.45) is 4.55. The third-order valence-corrected chi connectivity index (χ3v) is 6.65. The maximum absolute atomic E-state index is 12.8. The van der Waals surface area contributed by atoms with Crippen molar-refractivity contribution in [3.05, 3.63) is 60.2 Å². The van der Waals surface area contributed by atoms with E-state index in [4.69, 9.17) is 5.73 Å². The Morgan fingerprint density at radius 2 is 1.69 bits per heavy atom. The highest BCUT2D eigenvalue weighted by atomic mass is 32.2. The number of rotatable bonds is 7. The number of benzene rings is 2. The van der Waals surface area contributed by atoms with Crippen molar-refractivity contribution in [1.29, 1.82) is 0 Å². The second kappa shape index (κ2) is 10.3. The van der Waals surface area contributed by atoms with Gasteiger partial charge in [0.1, 0.15) is 0 Å². The molecule has 0 spiro atoms. The van der Waals surface area contributed by atoms with Crippen LogP contribution in [0.25, 0.3) is 0 Å². The van der Waals surface area contributed by atoms with E-state index in [1.807, 2.05) is 36.2 Å². The fraction of sp³-hybridized carbons (Fsp3) is 0.391. The minimum Gasteiger partial charge on any atom is -0.370 e. The lowest BCUT2D eigenvalue weighted by molar-refractivity contribution is -0.117. The summed E-state index contributed by atoms with van der Waals surface area (Å²) in [5.41, 5.74) is 7.39. The molecule has 6 heteroatoms. The van der Waals surface area contributed by atoms with Crippen molar-refractivity contribution in [2.24, 2.45) is 5.73 Å². The fourth-order valence-corrected chi connectivity index (χ4v) is 4.82. The molecule has 0 aromatic heterocycles. The van der Waals surface area contributed by atoms with Crippen LogP contribution < -0.4 is 11.1 Å². The number of urea groups is 1. The van der Waals surface area contributed by atoms with Crippen LogP contribution in [-0.2, 0) is 4.79 Å². The van der Waals surface area contributed by atoms with Gasteiger partial charge in [-0.1, -0.05) is 42.5 Å². The Hall–Kier alpha value is -2.47. The molecule has 0 heterocycles. The van der Waals surface area contributed by atoms with Crippen LogP contribution in [0.3, 0.4) is 0 Å². The summed E-state index contributed by atoms with van der Waals surface area (Å²) in [6.45, 7) is 0. The molecular weight excluding hydrogens is 382 g/mol. The number of nitrogens with zero attached hydrogens (tertiary/aromatic N) is 1. The molecule has 3 amide bonds. The van der Waals surface area contributed by atoms with Crippen LogP contribution >= 0.6 is 11.8 Å². The number of hydrogen-bond acceptors (Lipinski definition) is 3. The molecule has 0 aliphatic heterocycles. The van der Waals surface area contributed by atoms with Crippen molar-refractivity contribution in [2.45, 2.75) is 49.0 Å². The van der Waals surface area contributed by atoms with E-state index in [1.54, 1.807) is 0 Å². The van der Waals surface area contributed by atoms with Gasteiger partial charge in [0.25, 0.3) is 0 Å². The molecule has 0 unspecified atom stereocenters. The molecule has 154 valence electrons. The summed E-state index contributed by atoms with van der Waals surface area (Å²) >= 11 is 1.53. The molecule has 2 aromatic rings. The molecule has 0 saturated heterocycles. The van der Waals surface area contributed by atoms with E-state index >= 15 is 0 Å². The Bertz CT molecular complexity index is 820. The first kappa shape index (κ1) is 21.2. The highest BCUT2D eigenvalue weighted by Crippen LogP contribution is 2.35. The average Bonchev–Trinajstić information content (AvgIpc) is 2.75. The monoisotopic (exact) mass is 411 g/mol. The van der Waals surface area contributed by atoms with Gasteiger partial charge in [-0.05, 0) is 49.3 Å². The molecular formula is C23H29N3O2S. The topological polar surface area (TPSA) is 75.4 Å². The van der Waals surface area contributed by atoms with E-state index < -0.39 is 0 Å². The quantitative estimate of drug-likeness (QED) is 0.640. The molecule has 1 fully saturated rings. The Labute approximate surface area is 177 Å². The van der Waals surface area contributed by atoms with E-state index in [-0.39, 0.29) is 18.0 Å². The van der Waals surface area contributed by atoms with Gasteiger partial charge in [0.05, 0.1) is 5.69 Å². The number of primary amides is 1. The molecule has 2 aromatic carbocycles. The molecule has 0 atom stereocenters. The first-order valence-corrected chi connectivity index (χ1v) is 11.1. The van der Waals surface area contributed by atoms with Gasteiger partial charge in [-0.15, -0.1) is 11.8 Å². The number of thioether (sulfide) groups is 1. The Morgan fingerprint density at radius 3 is 2.38 bits per heavy atom. The maximum Gasteiger partial charge on any atom is 0.321 e. The molecule has 5 nitrogen and oxygen atoms in total. The first-order valence-electron chi connectivity index (χ1n) is 10.1. The Morgan fingerprint density at radius 1 is 1.03 bits per heavy atom. The molecule has 1 aliphatic carbocycles. The SMILES string of the molecule is CN(C(=O)Nc1ccccc1SCCC(N)=O)C1CCC(c2ccccc2)CC1. The van der Waals surface area contributed by atoms with E-state index in [1.165, 1.54) is 17.3 Å². The lowest BCUT2D eigenvalue weighted by Crippen LogP contribution is -2.41. The lowest BCUT2D eigenvalue weighted by Gasteiger charge is -2.35. The van der Waals surface area contributed by atoms with Crippen LogP contribution in [-0.4, -0.2) is 35.7 Å². The van der Waals surface area contributed by atoms with Crippen molar-refractivity contribution in [2.75, 3.05) is 18.1 Å². The first-order chi connectivity index (χ1) is 14.0. The van der Waals surface area contributed by atoms with Crippen LogP contribution in [0.2, 0.25) is 0 Å². The largest absolute Gasteiger partial charge is 0.370 e. The highest BCUT2D eigenvalue weighted by molar-refractivity contribution is 7.99. The van der Waals surface area contributed by atoms with Crippen molar-refractivity contribution < 1.29 is 9.59 Å². The fourth-order valence-electron chi connectivity index (χ4n) is 3.85. The third-order valence-electron chi connectivity index (χ3n) is 5.57. The molecule has 0 radical (unpaired) electrons. The molecule has 3 N–H and O–H groups in total. The van der Waals surface area contributed by atoms with Crippen molar-refractivity contribution >= 4 is 29.4 Å². The zero-order chi connectivity index (χ0) is 20.6. The summed E-state index contributed by atoms with van der Waals surface area (Å²) in [5.74, 6) is 0.873. The summed E-state index contributed by atoms with van der Waals surface area (Å²) in [7, 11) is 1.88. The Kier molecular flexibility index (Phi) is 7.58. The molecule has 3 rings (SSSR count). The van der Waals surface area contributed by atoms with Gasteiger partial charge < -0.3 is 16.0 Å². The number of amides is 3. The molecule has 0 bridgehead atoms. The summed E-state index contributed by atoms with van der Waals surface area (Å²) < 4.78 is 0. The van der Waals surface area contributed by atoms with Gasteiger partial charge in [-0.2, -0.15) is 0 Å². The Balaban J connectivity index is 1.54. The normalized spacial score (nSPS) is 18.8. The number of para-hydroxylation sites is 1. The lowest BCUT2D eigenvalue weighted by atomic mass is 9.81. The number of nitrogens with two attached hydrogens (primary N) is 1. The summed E-state index contributed by atoms with van der Waals surface area (Å²) in [6, 6.07) is 18.5. The van der Waals surface area contributed by atoms with E-state index in [0.29, 0.717) is 18.1 Å². The van der Waals surface area contributed by atoms with Crippen molar-refractivity contribution in [1.82, 2.24) is 4.90 Å².